The highest BCUT2D eigenvalue weighted by Gasteiger charge is 2.26. The van der Waals surface area contributed by atoms with Gasteiger partial charge in [-0.3, -0.25) is 9.80 Å². The summed E-state index contributed by atoms with van der Waals surface area (Å²) >= 11 is 6.10. The minimum Gasteiger partial charge on any atom is -0.503 e. The zero-order valence-corrected chi connectivity index (χ0v) is 16.3. The van der Waals surface area contributed by atoms with Gasteiger partial charge in [0, 0.05) is 38.8 Å². The SMILES string of the molecule is COc1cc(CN2CCN(CCC(C)C)[C@@H](CCO)C2)cc(Cl)c1O. The number of hydrogen-bond acceptors (Lipinski definition) is 5. The van der Waals surface area contributed by atoms with E-state index in [0.717, 1.165) is 44.7 Å². The van der Waals surface area contributed by atoms with E-state index in [9.17, 15) is 10.2 Å². The number of benzene rings is 1. The Labute approximate surface area is 156 Å². The second kappa shape index (κ2) is 9.62. The highest BCUT2D eigenvalue weighted by atomic mass is 35.5. The second-order valence-corrected chi connectivity index (χ2v) is 7.66. The van der Waals surface area contributed by atoms with Crippen LogP contribution >= 0.6 is 11.6 Å². The lowest BCUT2D eigenvalue weighted by molar-refractivity contribution is 0.0523. The summed E-state index contributed by atoms with van der Waals surface area (Å²) in [6.45, 7) is 9.50. The van der Waals surface area contributed by atoms with Crippen LogP contribution in [0.2, 0.25) is 5.02 Å². The molecule has 1 aliphatic rings. The van der Waals surface area contributed by atoms with Gasteiger partial charge in [0.15, 0.2) is 11.5 Å². The van der Waals surface area contributed by atoms with Crippen LogP contribution in [0.1, 0.15) is 32.3 Å². The maximum absolute atomic E-state index is 9.87. The molecule has 1 aromatic carbocycles. The van der Waals surface area contributed by atoms with Gasteiger partial charge in [0.05, 0.1) is 12.1 Å². The van der Waals surface area contributed by atoms with Crippen molar-refractivity contribution in [3.05, 3.63) is 22.7 Å². The zero-order chi connectivity index (χ0) is 18.4. The minimum absolute atomic E-state index is 0.00965. The van der Waals surface area contributed by atoms with Crippen molar-refractivity contribution in [2.45, 2.75) is 39.3 Å². The van der Waals surface area contributed by atoms with E-state index in [-0.39, 0.29) is 12.4 Å². The van der Waals surface area contributed by atoms with Crippen molar-refractivity contribution >= 4 is 11.6 Å². The van der Waals surface area contributed by atoms with E-state index in [1.54, 1.807) is 6.07 Å². The van der Waals surface area contributed by atoms with Gasteiger partial charge < -0.3 is 14.9 Å². The lowest BCUT2D eigenvalue weighted by Crippen LogP contribution is -2.53. The molecule has 0 radical (unpaired) electrons. The van der Waals surface area contributed by atoms with Crippen molar-refractivity contribution in [3.63, 3.8) is 0 Å². The first-order valence-electron chi connectivity index (χ1n) is 9.07. The molecule has 0 aliphatic carbocycles. The monoisotopic (exact) mass is 370 g/mol. The number of rotatable bonds is 8. The van der Waals surface area contributed by atoms with Gasteiger partial charge in [-0.15, -0.1) is 0 Å². The number of hydrogen-bond donors (Lipinski definition) is 2. The number of piperazine rings is 1. The molecule has 0 amide bonds. The average Bonchev–Trinajstić information content (AvgIpc) is 2.57. The van der Waals surface area contributed by atoms with Crippen LogP contribution in [0.25, 0.3) is 0 Å². The molecule has 1 fully saturated rings. The number of phenolic OH excluding ortho intramolecular Hbond substituents is 1. The molecule has 0 unspecified atom stereocenters. The molecule has 142 valence electrons. The quantitative estimate of drug-likeness (QED) is 0.736. The Kier molecular flexibility index (Phi) is 7.81. The summed E-state index contributed by atoms with van der Waals surface area (Å²) in [6, 6.07) is 4.02. The van der Waals surface area contributed by atoms with E-state index < -0.39 is 0 Å². The minimum atomic E-state index is -0.00965. The molecule has 1 atom stereocenters. The maximum atomic E-state index is 9.87. The average molecular weight is 371 g/mol. The van der Waals surface area contributed by atoms with Crippen LogP contribution in [0.3, 0.4) is 0 Å². The Morgan fingerprint density at radius 3 is 2.72 bits per heavy atom. The normalized spacial score (nSPS) is 19.5. The molecule has 6 heteroatoms. The largest absolute Gasteiger partial charge is 0.503 e. The molecular formula is C19H31ClN2O3. The van der Waals surface area contributed by atoms with E-state index in [1.165, 1.54) is 13.5 Å². The molecule has 0 bridgehead atoms. The highest BCUT2D eigenvalue weighted by molar-refractivity contribution is 6.32. The van der Waals surface area contributed by atoms with Crippen molar-refractivity contribution in [2.24, 2.45) is 5.92 Å². The topological polar surface area (TPSA) is 56.2 Å². The first-order valence-corrected chi connectivity index (χ1v) is 9.45. The smallest absolute Gasteiger partial charge is 0.176 e. The Morgan fingerprint density at radius 2 is 2.08 bits per heavy atom. The van der Waals surface area contributed by atoms with E-state index >= 15 is 0 Å². The molecule has 1 heterocycles. The molecule has 1 aromatic rings. The first-order chi connectivity index (χ1) is 11.9. The lowest BCUT2D eigenvalue weighted by atomic mass is 10.0. The van der Waals surface area contributed by atoms with E-state index in [1.807, 2.05) is 6.07 Å². The molecule has 0 aromatic heterocycles. The van der Waals surface area contributed by atoms with Gasteiger partial charge in [0.1, 0.15) is 0 Å². The fourth-order valence-electron chi connectivity index (χ4n) is 3.37. The van der Waals surface area contributed by atoms with Crippen LogP contribution in [-0.2, 0) is 6.54 Å². The summed E-state index contributed by atoms with van der Waals surface area (Å²) in [7, 11) is 1.53. The van der Waals surface area contributed by atoms with E-state index in [4.69, 9.17) is 16.3 Å². The Morgan fingerprint density at radius 1 is 1.32 bits per heavy atom. The third-order valence-corrected chi connectivity index (χ3v) is 5.15. The Bertz CT molecular complexity index is 554. The van der Waals surface area contributed by atoms with E-state index in [2.05, 4.69) is 23.6 Å². The highest BCUT2D eigenvalue weighted by Crippen LogP contribution is 2.35. The van der Waals surface area contributed by atoms with Gasteiger partial charge in [-0.05, 0) is 43.0 Å². The number of aliphatic hydroxyl groups excluding tert-OH is 1. The standard InChI is InChI=1S/C19H31ClN2O3/c1-14(2)4-6-22-8-7-21(13-16(22)5-9-23)12-15-10-17(20)19(24)18(11-15)25-3/h10-11,14,16,23-24H,4-9,12-13H2,1-3H3/t16-/m0/s1. The van der Waals surface area contributed by atoms with Crippen molar-refractivity contribution in [3.8, 4) is 11.5 Å². The van der Waals surface area contributed by atoms with Crippen LogP contribution in [0.4, 0.5) is 0 Å². The predicted molar refractivity (Wildman–Crippen MR) is 101 cm³/mol. The van der Waals surface area contributed by atoms with Crippen molar-refractivity contribution in [1.82, 2.24) is 9.80 Å². The Hall–Kier alpha value is -1.01. The fraction of sp³-hybridized carbons (Fsp3) is 0.684. The van der Waals surface area contributed by atoms with Gasteiger partial charge >= 0.3 is 0 Å². The fourth-order valence-corrected chi connectivity index (χ4v) is 3.61. The molecule has 1 saturated heterocycles. The summed E-state index contributed by atoms with van der Waals surface area (Å²) in [4.78, 5) is 4.89. The number of aliphatic hydroxyl groups is 1. The maximum Gasteiger partial charge on any atom is 0.176 e. The van der Waals surface area contributed by atoms with Crippen LogP contribution in [0.5, 0.6) is 11.5 Å². The molecule has 25 heavy (non-hydrogen) atoms. The van der Waals surface area contributed by atoms with Crippen molar-refractivity contribution < 1.29 is 14.9 Å². The summed E-state index contributed by atoms with van der Waals surface area (Å²) in [5, 5.41) is 19.6. The lowest BCUT2D eigenvalue weighted by Gasteiger charge is -2.41. The van der Waals surface area contributed by atoms with Gasteiger partial charge in [0.2, 0.25) is 0 Å². The number of aromatic hydroxyl groups is 1. The van der Waals surface area contributed by atoms with Gasteiger partial charge in [0.25, 0.3) is 0 Å². The van der Waals surface area contributed by atoms with Crippen LogP contribution < -0.4 is 4.74 Å². The number of methoxy groups -OCH3 is 1. The molecule has 1 aliphatic heterocycles. The third kappa shape index (κ3) is 5.74. The molecular weight excluding hydrogens is 340 g/mol. The summed E-state index contributed by atoms with van der Waals surface area (Å²) in [6.07, 6.45) is 1.99. The second-order valence-electron chi connectivity index (χ2n) is 7.25. The van der Waals surface area contributed by atoms with E-state index in [0.29, 0.717) is 22.7 Å². The van der Waals surface area contributed by atoms with Gasteiger partial charge in [-0.1, -0.05) is 25.4 Å². The first kappa shape index (κ1) is 20.3. The molecule has 2 N–H and O–H groups in total. The van der Waals surface area contributed by atoms with Crippen molar-refractivity contribution in [1.29, 1.82) is 0 Å². The molecule has 5 nitrogen and oxygen atoms in total. The summed E-state index contributed by atoms with van der Waals surface area (Å²) < 4.78 is 5.19. The van der Waals surface area contributed by atoms with Crippen molar-refractivity contribution in [2.75, 3.05) is 39.9 Å². The summed E-state index contributed by atoms with van der Waals surface area (Å²) in [5.41, 5.74) is 1.03. The van der Waals surface area contributed by atoms with Crippen LogP contribution in [-0.4, -0.2) is 66.0 Å². The number of halogens is 1. The molecule has 0 spiro atoms. The van der Waals surface area contributed by atoms with Gasteiger partial charge in [-0.25, -0.2) is 0 Å². The third-order valence-electron chi connectivity index (χ3n) is 4.86. The molecule has 0 saturated carbocycles. The van der Waals surface area contributed by atoms with Crippen LogP contribution in [0, 0.1) is 5.92 Å². The Balaban J connectivity index is 2.01. The summed E-state index contributed by atoms with van der Waals surface area (Å²) in [5.74, 6) is 1.09. The number of ether oxygens (including phenoxy) is 1. The number of phenols is 1. The predicted octanol–water partition coefficient (Wildman–Crippen LogP) is 2.97. The zero-order valence-electron chi connectivity index (χ0n) is 15.5. The molecule has 2 rings (SSSR count). The van der Waals surface area contributed by atoms with Gasteiger partial charge in [-0.2, -0.15) is 0 Å². The number of nitrogens with zero attached hydrogens (tertiary/aromatic N) is 2. The van der Waals surface area contributed by atoms with Crippen LogP contribution in [0.15, 0.2) is 12.1 Å².